The van der Waals surface area contributed by atoms with Gasteiger partial charge in [-0.25, -0.2) is 0 Å². The third-order valence-corrected chi connectivity index (χ3v) is 3.20. The fraction of sp³-hybridized carbons (Fsp3) is 0.714. The Morgan fingerprint density at radius 2 is 0.607 bits per heavy atom. The first-order valence-corrected chi connectivity index (χ1v) is 9.18. The van der Waals surface area contributed by atoms with Crippen LogP contribution in [0.5, 0.6) is 0 Å². The Labute approximate surface area is 182 Å². The molecule has 1 radical (unpaired) electrons. The monoisotopic (exact) mass is 577 g/mol. The maximum atomic E-state index is 10.7. The van der Waals surface area contributed by atoms with Gasteiger partial charge in [0.2, 0.25) is 0 Å². The van der Waals surface area contributed by atoms with Gasteiger partial charge in [0.25, 0.3) is 0 Å². The molecule has 0 aliphatic rings. The van der Waals surface area contributed by atoms with Crippen LogP contribution in [0.1, 0.15) is 81.6 Å². The average molecular weight is 577 g/mol. The Morgan fingerprint density at radius 3 is 0.643 bits per heavy atom. The van der Waals surface area contributed by atoms with Crippen LogP contribution in [0.2, 0.25) is 0 Å². The minimum Gasteiger partial charge on any atom is -0.300 e. The number of rotatable bonds is 9. The molecule has 0 rings (SSSR count). The number of hydrogen-bond donors (Lipinski definition) is 0. The van der Waals surface area contributed by atoms with Crippen LogP contribution in [0.3, 0.4) is 0 Å². The van der Waals surface area contributed by atoms with Crippen molar-refractivity contribution >= 4 is 34.7 Å². The van der Waals surface area contributed by atoms with Crippen molar-refractivity contribution in [3.63, 3.8) is 0 Å². The van der Waals surface area contributed by atoms with Gasteiger partial charge in [-0.05, 0) is 20.8 Å². The third kappa shape index (κ3) is 26.9. The van der Waals surface area contributed by atoms with Gasteiger partial charge in [-0.3, -0.25) is 28.8 Å². The van der Waals surface area contributed by atoms with Crippen LogP contribution in [0, 0.1) is 17.8 Å². The minimum atomic E-state index is -0.0475. The number of carbonyl (C=O) groups is 6. The van der Waals surface area contributed by atoms with E-state index in [1.165, 1.54) is 20.8 Å². The van der Waals surface area contributed by atoms with Crippen molar-refractivity contribution in [2.24, 2.45) is 17.8 Å². The Bertz CT molecular complexity index is 457. The third-order valence-electron chi connectivity index (χ3n) is 3.20. The van der Waals surface area contributed by atoms with E-state index >= 15 is 0 Å². The molecule has 0 aromatic carbocycles. The summed E-state index contributed by atoms with van der Waals surface area (Å²) >= 11 is 0. The molecule has 28 heavy (non-hydrogen) atoms. The van der Waals surface area contributed by atoms with Crippen LogP contribution >= 0.6 is 0 Å². The van der Waals surface area contributed by atoms with Crippen LogP contribution in [0.25, 0.3) is 0 Å². The molecule has 0 atom stereocenters. The number of hydrogen-bond acceptors (Lipinski definition) is 6. The van der Waals surface area contributed by atoms with Gasteiger partial charge < -0.3 is 0 Å². The second-order valence-corrected chi connectivity index (χ2v) is 7.50. The molecular weight excluding hydrogens is 540 g/mol. The largest absolute Gasteiger partial charge is 0.300 e. The maximum absolute atomic E-state index is 10.7. The van der Waals surface area contributed by atoms with Gasteiger partial charge in [-0.2, -0.15) is 0 Å². The van der Waals surface area contributed by atoms with E-state index < -0.39 is 0 Å². The van der Waals surface area contributed by atoms with Crippen molar-refractivity contribution in [3.8, 4) is 0 Å². The average Bonchev–Trinajstić information content (AvgIpc) is 2.46. The van der Waals surface area contributed by atoms with E-state index in [4.69, 9.17) is 0 Å². The Balaban J connectivity index is -0.000000152. The molecule has 0 aliphatic heterocycles. The Morgan fingerprint density at radius 1 is 0.464 bits per heavy atom. The summed E-state index contributed by atoms with van der Waals surface area (Å²) in [6, 6.07) is 0. The SMILES string of the molecule is CC(=O)CC(=O)C(C)C.CC(=O)CC(=O)C(C)C.CC(=O)CC(=O)C(C)C.[Ir]. The standard InChI is InChI=1S/3C7H12O2.Ir/c3*1-5(2)7(9)4-6(3)8;/h3*5H,4H2,1-3H3;. The molecule has 0 unspecified atom stereocenters. The van der Waals surface area contributed by atoms with Crippen LogP contribution < -0.4 is 0 Å². The van der Waals surface area contributed by atoms with E-state index in [1.54, 1.807) is 41.5 Å². The molecule has 0 saturated carbocycles. The minimum absolute atomic E-state index is 0. The number of ketones is 6. The molecule has 0 bridgehead atoms. The summed E-state index contributed by atoms with van der Waals surface area (Å²) in [6.07, 6.45) is 0.285. The molecule has 0 aliphatic carbocycles. The predicted molar refractivity (Wildman–Crippen MR) is 105 cm³/mol. The van der Waals surface area contributed by atoms with Crippen LogP contribution in [-0.2, 0) is 48.9 Å². The molecular formula is C21H36IrO6. The van der Waals surface area contributed by atoms with E-state index in [0.717, 1.165) is 0 Å². The first-order valence-electron chi connectivity index (χ1n) is 9.18. The molecule has 7 heteroatoms. The molecule has 0 spiro atoms. The summed E-state index contributed by atoms with van der Waals surface area (Å²) in [6.45, 7) is 15.1. The van der Waals surface area contributed by atoms with Gasteiger partial charge in [-0.15, -0.1) is 0 Å². The molecule has 0 saturated heterocycles. The number of Topliss-reactive ketones (excluding diaryl/α,β-unsaturated/α-hetero) is 6. The predicted octanol–water partition coefficient (Wildman–Crippen LogP) is 3.57. The summed E-state index contributed by atoms with van der Waals surface area (Å²) < 4.78 is 0. The van der Waals surface area contributed by atoms with E-state index in [-0.39, 0.29) is 91.8 Å². The fourth-order valence-corrected chi connectivity index (χ4v) is 1.35. The number of carbonyl (C=O) groups excluding carboxylic acids is 6. The summed E-state index contributed by atoms with van der Waals surface area (Å²) in [5.41, 5.74) is 0. The zero-order valence-electron chi connectivity index (χ0n) is 18.6. The van der Waals surface area contributed by atoms with Gasteiger partial charge in [0, 0.05) is 37.9 Å². The van der Waals surface area contributed by atoms with Gasteiger partial charge in [0.15, 0.2) is 0 Å². The van der Waals surface area contributed by atoms with Crippen molar-refractivity contribution in [2.75, 3.05) is 0 Å². The molecule has 6 nitrogen and oxygen atoms in total. The molecule has 0 amide bonds. The molecule has 0 N–H and O–H groups in total. The quantitative estimate of drug-likeness (QED) is 0.389. The molecule has 0 aromatic heterocycles. The fourth-order valence-electron chi connectivity index (χ4n) is 1.35. The first kappa shape index (κ1) is 34.2. The molecule has 0 heterocycles. The Hall–Kier alpha value is -1.33. The van der Waals surface area contributed by atoms with E-state index in [1.807, 2.05) is 0 Å². The van der Waals surface area contributed by atoms with Crippen molar-refractivity contribution in [3.05, 3.63) is 0 Å². The molecule has 165 valence electrons. The second-order valence-electron chi connectivity index (χ2n) is 7.50. The maximum Gasteiger partial charge on any atom is 0.142 e. The van der Waals surface area contributed by atoms with Crippen LogP contribution in [-0.4, -0.2) is 34.7 Å². The summed E-state index contributed by atoms with van der Waals surface area (Å²) in [7, 11) is 0. The summed E-state index contributed by atoms with van der Waals surface area (Å²) in [4.78, 5) is 63.2. The van der Waals surface area contributed by atoms with Crippen molar-refractivity contribution in [1.82, 2.24) is 0 Å². The van der Waals surface area contributed by atoms with Crippen LogP contribution in [0.4, 0.5) is 0 Å². The van der Waals surface area contributed by atoms with Gasteiger partial charge in [-0.1, -0.05) is 41.5 Å². The molecule has 0 fully saturated rings. The smallest absolute Gasteiger partial charge is 0.142 e. The summed E-state index contributed by atoms with van der Waals surface area (Å²) in [5, 5.41) is 0. The van der Waals surface area contributed by atoms with Crippen molar-refractivity contribution in [2.45, 2.75) is 81.6 Å². The normalized spacial score (nSPS) is 9.43. The van der Waals surface area contributed by atoms with Gasteiger partial charge in [0.05, 0.1) is 19.3 Å². The summed E-state index contributed by atoms with van der Waals surface area (Å²) in [5.74, 6) is -0.0692. The van der Waals surface area contributed by atoms with E-state index in [2.05, 4.69) is 0 Å². The van der Waals surface area contributed by atoms with E-state index in [0.29, 0.717) is 0 Å². The Kier molecular flexibility index (Phi) is 23.2. The second kappa shape index (κ2) is 19.0. The van der Waals surface area contributed by atoms with Crippen LogP contribution in [0.15, 0.2) is 0 Å². The topological polar surface area (TPSA) is 102 Å². The zero-order valence-corrected chi connectivity index (χ0v) is 21.0. The van der Waals surface area contributed by atoms with Gasteiger partial charge in [0.1, 0.15) is 34.7 Å². The zero-order chi connectivity index (χ0) is 22.3. The van der Waals surface area contributed by atoms with Crippen molar-refractivity contribution in [1.29, 1.82) is 0 Å². The van der Waals surface area contributed by atoms with Crippen molar-refractivity contribution < 1.29 is 48.9 Å². The van der Waals surface area contributed by atoms with Gasteiger partial charge >= 0.3 is 0 Å². The molecule has 0 aromatic rings. The van der Waals surface area contributed by atoms with E-state index in [9.17, 15) is 28.8 Å². The first-order chi connectivity index (χ1) is 12.1.